The van der Waals surface area contributed by atoms with E-state index in [4.69, 9.17) is 10.8 Å². The van der Waals surface area contributed by atoms with Crippen LogP contribution in [0.4, 0.5) is 0 Å². The van der Waals surface area contributed by atoms with Crippen molar-refractivity contribution in [1.82, 2.24) is 0 Å². The van der Waals surface area contributed by atoms with Crippen molar-refractivity contribution in [2.45, 2.75) is 51.5 Å². The quantitative estimate of drug-likeness (QED) is 0.703. The van der Waals surface area contributed by atoms with Crippen LogP contribution in [0, 0.1) is 11.8 Å². The van der Waals surface area contributed by atoms with Gasteiger partial charge in [0, 0.05) is 12.6 Å². The number of rotatable bonds is 4. The van der Waals surface area contributed by atoms with E-state index in [0.29, 0.717) is 5.92 Å². The summed E-state index contributed by atoms with van der Waals surface area (Å²) in [7, 11) is 0. The summed E-state index contributed by atoms with van der Waals surface area (Å²) < 4.78 is 0. The largest absolute Gasteiger partial charge is 0.396 e. The van der Waals surface area contributed by atoms with E-state index < -0.39 is 0 Å². The van der Waals surface area contributed by atoms with Crippen LogP contribution in [0.1, 0.15) is 45.4 Å². The zero-order chi connectivity index (χ0) is 9.68. The molecule has 0 aromatic rings. The van der Waals surface area contributed by atoms with Crippen molar-refractivity contribution in [3.05, 3.63) is 0 Å². The van der Waals surface area contributed by atoms with Gasteiger partial charge in [-0.2, -0.15) is 0 Å². The van der Waals surface area contributed by atoms with Crippen LogP contribution < -0.4 is 5.73 Å². The van der Waals surface area contributed by atoms with Crippen LogP contribution in [-0.2, 0) is 0 Å². The Morgan fingerprint density at radius 3 is 2.46 bits per heavy atom. The predicted molar refractivity (Wildman–Crippen MR) is 55.4 cm³/mol. The number of aliphatic hydroxyl groups is 1. The lowest BCUT2D eigenvalue weighted by Crippen LogP contribution is -2.34. The van der Waals surface area contributed by atoms with E-state index in [1.54, 1.807) is 0 Å². The van der Waals surface area contributed by atoms with Crippen molar-refractivity contribution in [3.63, 3.8) is 0 Å². The molecule has 3 N–H and O–H groups in total. The molecule has 1 fully saturated rings. The topological polar surface area (TPSA) is 46.2 Å². The van der Waals surface area contributed by atoms with Gasteiger partial charge in [-0.1, -0.05) is 39.0 Å². The molecule has 1 rings (SSSR count). The Morgan fingerprint density at radius 2 is 1.92 bits per heavy atom. The third kappa shape index (κ3) is 3.28. The summed E-state index contributed by atoms with van der Waals surface area (Å²) in [5, 5.41) is 8.80. The second-order valence-electron chi connectivity index (χ2n) is 4.43. The van der Waals surface area contributed by atoms with Gasteiger partial charge in [0.1, 0.15) is 0 Å². The van der Waals surface area contributed by atoms with Gasteiger partial charge in [0.05, 0.1) is 0 Å². The van der Waals surface area contributed by atoms with E-state index >= 15 is 0 Å². The number of aliphatic hydroxyl groups excluding tert-OH is 1. The summed E-state index contributed by atoms with van der Waals surface area (Å²) in [5.41, 5.74) is 6.00. The molecule has 1 aliphatic rings. The van der Waals surface area contributed by atoms with E-state index in [1.165, 1.54) is 32.1 Å². The molecule has 0 bridgehead atoms. The molecule has 0 amide bonds. The molecule has 0 radical (unpaired) electrons. The molecule has 0 saturated heterocycles. The monoisotopic (exact) mass is 185 g/mol. The molecule has 78 valence electrons. The number of hydrogen-bond donors (Lipinski definition) is 2. The van der Waals surface area contributed by atoms with Crippen molar-refractivity contribution < 1.29 is 5.11 Å². The fourth-order valence-corrected chi connectivity index (χ4v) is 2.42. The van der Waals surface area contributed by atoms with Crippen molar-refractivity contribution >= 4 is 0 Å². The Bertz CT molecular complexity index is 132. The summed E-state index contributed by atoms with van der Waals surface area (Å²) in [6.07, 6.45) is 7.61. The van der Waals surface area contributed by atoms with Crippen LogP contribution in [0.2, 0.25) is 0 Å². The first-order valence-corrected chi connectivity index (χ1v) is 5.62. The first-order valence-electron chi connectivity index (χ1n) is 5.62. The summed E-state index contributed by atoms with van der Waals surface area (Å²) in [5.74, 6) is 1.41. The molecule has 2 heteroatoms. The molecule has 0 aromatic heterocycles. The average molecular weight is 185 g/mol. The lowest BCUT2D eigenvalue weighted by molar-refractivity contribution is 0.199. The number of nitrogens with two attached hydrogens (primary N) is 1. The van der Waals surface area contributed by atoms with Gasteiger partial charge >= 0.3 is 0 Å². The van der Waals surface area contributed by atoms with Crippen molar-refractivity contribution in [2.24, 2.45) is 17.6 Å². The predicted octanol–water partition coefficient (Wildman–Crippen LogP) is 1.91. The van der Waals surface area contributed by atoms with E-state index in [2.05, 4.69) is 6.92 Å². The highest BCUT2D eigenvalue weighted by Crippen LogP contribution is 2.31. The Hall–Kier alpha value is -0.0800. The molecule has 1 saturated carbocycles. The maximum Gasteiger partial charge on any atom is 0.0445 e. The molecule has 13 heavy (non-hydrogen) atoms. The van der Waals surface area contributed by atoms with Crippen LogP contribution in [0.5, 0.6) is 0 Å². The third-order valence-electron chi connectivity index (χ3n) is 3.53. The van der Waals surface area contributed by atoms with E-state index in [1.807, 2.05) is 0 Å². The lowest BCUT2D eigenvalue weighted by Gasteiger charge is -2.31. The zero-order valence-electron chi connectivity index (χ0n) is 8.71. The molecule has 0 heterocycles. The summed E-state index contributed by atoms with van der Waals surface area (Å²) in [4.78, 5) is 0. The third-order valence-corrected chi connectivity index (χ3v) is 3.53. The van der Waals surface area contributed by atoms with Gasteiger partial charge in [-0.05, 0) is 18.3 Å². The van der Waals surface area contributed by atoms with Crippen LogP contribution in [0.25, 0.3) is 0 Å². The molecule has 2 atom stereocenters. The first kappa shape index (κ1) is 11.0. The van der Waals surface area contributed by atoms with Gasteiger partial charge in [0.25, 0.3) is 0 Å². The molecular weight excluding hydrogens is 162 g/mol. The molecule has 1 aliphatic carbocycles. The highest BCUT2D eigenvalue weighted by Gasteiger charge is 2.24. The van der Waals surface area contributed by atoms with Crippen LogP contribution in [-0.4, -0.2) is 17.8 Å². The Balaban J connectivity index is 2.31. The minimum atomic E-state index is 0.202. The smallest absolute Gasteiger partial charge is 0.0445 e. The SMILES string of the molecule is CC(C(N)CCO)C1CCCCC1. The van der Waals surface area contributed by atoms with Gasteiger partial charge in [-0.3, -0.25) is 0 Å². The standard InChI is InChI=1S/C11H23NO/c1-9(11(12)7-8-13)10-5-3-2-4-6-10/h9-11,13H,2-8,12H2,1H3. The Labute approximate surface area is 81.5 Å². The summed E-state index contributed by atoms with van der Waals surface area (Å²) in [6.45, 7) is 2.48. The molecule has 0 spiro atoms. The van der Waals surface area contributed by atoms with Gasteiger partial charge in [-0.15, -0.1) is 0 Å². The van der Waals surface area contributed by atoms with E-state index in [9.17, 15) is 0 Å². The number of hydrogen-bond acceptors (Lipinski definition) is 2. The maximum absolute atomic E-state index is 8.80. The lowest BCUT2D eigenvalue weighted by atomic mass is 9.77. The highest BCUT2D eigenvalue weighted by atomic mass is 16.3. The molecule has 2 unspecified atom stereocenters. The van der Waals surface area contributed by atoms with Gasteiger partial charge in [-0.25, -0.2) is 0 Å². The van der Waals surface area contributed by atoms with Gasteiger partial charge in [0.15, 0.2) is 0 Å². The fraction of sp³-hybridized carbons (Fsp3) is 1.00. The Kier molecular flexibility index (Phi) is 4.74. The van der Waals surface area contributed by atoms with E-state index in [0.717, 1.165) is 12.3 Å². The molecule has 0 aromatic carbocycles. The van der Waals surface area contributed by atoms with Crippen molar-refractivity contribution in [3.8, 4) is 0 Å². The summed E-state index contributed by atoms with van der Waals surface area (Å²) >= 11 is 0. The summed E-state index contributed by atoms with van der Waals surface area (Å²) in [6, 6.07) is 0.202. The highest BCUT2D eigenvalue weighted by molar-refractivity contribution is 4.78. The molecular formula is C11H23NO. The van der Waals surface area contributed by atoms with Gasteiger partial charge < -0.3 is 10.8 Å². The van der Waals surface area contributed by atoms with Crippen LogP contribution in [0.15, 0.2) is 0 Å². The molecule has 2 nitrogen and oxygen atoms in total. The second-order valence-corrected chi connectivity index (χ2v) is 4.43. The van der Waals surface area contributed by atoms with E-state index in [-0.39, 0.29) is 12.6 Å². The zero-order valence-corrected chi connectivity index (χ0v) is 8.71. The minimum Gasteiger partial charge on any atom is -0.396 e. The van der Waals surface area contributed by atoms with Crippen LogP contribution >= 0.6 is 0 Å². The first-order chi connectivity index (χ1) is 6.25. The molecule has 0 aliphatic heterocycles. The van der Waals surface area contributed by atoms with Crippen LogP contribution in [0.3, 0.4) is 0 Å². The fourth-order valence-electron chi connectivity index (χ4n) is 2.42. The van der Waals surface area contributed by atoms with Crippen molar-refractivity contribution in [1.29, 1.82) is 0 Å². The van der Waals surface area contributed by atoms with Crippen molar-refractivity contribution in [2.75, 3.05) is 6.61 Å². The minimum absolute atomic E-state index is 0.202. The average Bonchev–Trinajstić information content (AvgIpc) is 2.18. The second kappa shape index (κ2) is 5.61. The normalized spacial score (nSPS) is 24.2. The maximum atomic E-state index is 8.80. The van der Waals surface area contributed by atoms with Gasteiger partial charge in [0.2, 0.25) is 0 Å². The Morgan fingerprint density at radius 1 is 1.31 bits per heavy atom.